The van der Waals surface area contributed by atoms with Gasteiger partial charge in [0, 0.05) is 5.02 Å². The van der Waals surface area contributed by atoms with Crippen molar-refractivity contribution in [1.82, 2.24) is 0 Å². The van der Waals surface area contributed by atoms with E-state index in [2.05, 4.69) is 21.2 Å². The summed E-state index contributed by atoms with van der Waals surface area (Å²) in [5.41, 5.74) is 0.791. The van der Waals surface area contributed by atoms with E-state index in [1.165, 1.54) is 23.5 Å². The van der Waals surface area contributed by atoms with Crippen LogP contribution in [0.25, 0.3) is 0 Å². The molecule has 1 heterocycles. The summed E-state index contributed by atoms with van der Waals surface area (Å²) in [4.78, 5) is 23.9. The zero-order valence-corrected chi connectivity index (χ0v) is 14.5. The van der Waals surface area contributed by atoms with Crippen LogP contribution in [0.1, 0.15) is 25.6 Å². The molecule has 1 aromatic heterocycles. The number of carboxylic acids is 1. The minimum Gasteiger partial charge on any atom is -0.478 e. The van der Waals surface area contributed by atoms with Gasteiger partial charge in [-0.1, -0.05) is 23.2 Å². The topological polar surface area (TPSA) is 66.4 Å². The van der Waals surface area contributed by atoms with Crippen molar-refractivity contribution < 1.29 is 14.7 Å². The predicted molar refractivity (Wildman–Crippen MR) is 88.1 cm³/mol. The van der Waals surface area contributed by atoms with Crippen LogP contribution >= 0.6 is 50.5 Å². The Kier molecular flexibility index (Phi) is 4.93. The first-order valence-corrected chi connectivity index (χ1v) is 7.95. The molecule has 2 N–H and O–H groups in total. The molecule has 0 unspecified atom stereocenters. The fraction of sp³-hybridized carbons (Fsp3) is 0.0769. The molecule has 1 amide bonds. The maximum absolute atomic E-state index is 12.2. The van der Waals surface area contributed by atoms with Crippen molar-refractivity contribution in [1.29, 1.82) is 0 Å². The summed E-state index contributed by atoms with van der Waals surface area (Å²) < 4.78 is 0.841. The second kappa shape index (κ2) is 6.36. The number of halogens is 3. The van der Waals surface area contributed by atoms with Gasteiger partial charge in [-0.3, -0.25) is 4.79 Å². The van der Waals surface area contributed by atoms with Crippen LogP contribution in [0.4, 0.5) is 5.69 Å². The van der Waals surface area contributed by atoms with Crippen LogP contribution < -0.4 is 5.32 Å². The van der Waals surface area contributed by atoms with Crippen LogP contribution in [-0.2, 0) is 0 Å². The van der Waals surface area contributed by atoms with Crippen molar-refractivity contribution in [3.8, 4) is 0 Å². The largest absolute Gasteiger partial charge is 0.478 e. The number of thiophene rings is 1. The molecule has 0 bridgehead atoms. The van der Waals surface area contributed by atoms with E-state index >= 15 is 0 Å². The van der Waals surface area contributed by atoms with Gasteiger partial charge in [-0.25, -0.2) is 4.79 Å². The van der Waals surface area contributed by atoms with Gasteiger partial charge < -0.3 is 10.4 Å². The van der Waals surface area contributed by atoms with Gasteiger partial charge in [0.05, 0.1) is 24.9 Å². The number of hydrogen-bond donors (Lipinski definition) is 2. The summed E-state index contributed by atoms with van der Waals surface area (Å²) in [7, 11) is 0. The number of carboxylic acid groups (broad SMARTS) is 1. The fourth-order valence-corrected chi connectivity index (χ4v) is 3.59. The second-order valence-corrected chi connectivity index (χ2v) is 7.35. The van der Waals surface area contributed by atoms with E-state index in [1.807, 2.05) is 6.92 Å². The van der Waals surface area contributed by atoms with Gasteiger partial charge in [-0.05, 0) is 46.6 Å². The van der Waals surface area contributed by atoms with E-state index in [9.17, 15) is 14.7 Å². The molecule has 0 fully saturated rings. The highest BCUT2D eigenvalue weighted by Gasteiger charge is 2.19. The first-order chi connectivity index (χ1) is 9.79. The van der Waals surface area contributed by atoms with Crippen molar-refractivity contribution in [2.24, 2.45) is 0 Å². The van der Waals surface area contributed by atoms with E-state index in [0.29, 0.717) is 4.88 Å². The van der Waals surface area contributed by atoms with Gasteiger partial charge in [0.2, 0.25) is 0 Å². The molecule has 0 radical (unpaired) electrons. The molecule has 0 aliphatic heterocycles. The summed E-state index contributed by atoms with van der Waals surface area (Å²) >= 11 is 16.3. The lowest BCUT2D eigenvalue weighted by molar-refractivity contribution is 0.0698. The molecule has 2 aromatic rings. The quantitative estimate of drug-likeness (QED) is 0.744. The summed E-state index contributed by atoms with van der Waals surface area (Å²) in [6, 6.07) is 4.32. The lowest BCUT2D eigenvalue weighted by Gasteiger charge is -2.10. The molecule has 4 nitrogen and oxygen atoms in total. The molecule has 0 spiro atoms. The summed E-state index contributed by atoms with van der Waals surface area (Å²) in [6.45, 7) is 1.86. The molecule has 1 aromatic carbocycles. The number of nitrogens with one attached hydrogen (secondary N) is 1. The Balaban J connectivity index is 2.39. The van der Waals surface area contributed by atoms with Gasteiger partial charge in [0.25, 0.3) is 5.91 Å². The third kappa shape index (κ3) is 3.58. The minimum atomic E-state index is -1.22. The first-order valence-electron chi connectivity index (χ1n) is 5.59. The Labute approximate surface area is 142 Å². The maximum atomic E-state index is 12.2. The number of carbonyl (C=O) groups excluding carboxylic acids is 1. The van der Waals surface area contributed by atoms with E-state index in [0.717, 1.165) is 9.35 Å². The molecule has 8 heteroatoms. The third-order valence-corrected chi connectivity index (χ3v) is 5.26. The molecule has 0 saturated carbocycles. The average molecular weight is 409 g/mol. The third-order valence-electron chi connectivity index (χ3n) is 2.60. The van der Waals surface area contributed by atoms with Crippen LogP contribution in [0.5, 0.6) is 0 Å². The highest BCUT2D eigenvalue weighted by molar-refractivity contribution is 9.11. The Hall–Kier alpha value is -1.08. The molecular formula is C13H8BrCl2NO3S. The minimum absolute atomic E-state index is 0.0285. The van der Waals surface area contributed by atoms with Crippen molar-refractivity contribution in [2.45, 2.75) is 6.92 Å². The Morgan fingerprint density at radius 2 is 1.95 bits per heavy atom. The van der Waals surface area contributed by atoms with Gasteiger partial charge in [0.15, 0.2) is 0 Å². The normalized spacial score (nSPS) is 10.5. The smallest absolute Gasteiger partial charge is 0.337 e. The second-order valence-electron chi connectivity index (χ2n) is 4.14. The van der Waals surface area contributed by atoms with Crippen LogP contribution in [0, 0.1) is 6.92 Å². The van der Waals surface area contributed by atoms with Crippen LogP contribution in [0.3, 0.4) is 0 Å². The number of amides is 1. The molecule has 110 valence electrons. The van der Waals surface area contributed by atoms with E-state index < -0.39 is 11.9 Å². The standard InChI is InChI=1S/C13H8BrCl2NO3S/c1-5-2-9(21-11(5)14)12(18)17-10-7(13(19)20)3-6(15)4-8(10)16/h2-4H,1H3,(H,17,18)(H,19,20). The van der Waals surface area contributed by atoms with Gasteiger partial charge in [0.1, 0.15) is 0 Å². The molecule has 0 saturated heterocycles. The predicted octanol–water partition coefficient (Wildman–Crippen LogP) is 5.08. The number of aromatic carboxylic acids is 1. The Morgan fingerprint density at radius 1 is 1.29 bits per heavy atom. The van der Waals surface area contributed by atoms with Crippen LogP contribution in [-0.4, -0.2) is 17.0 Å². The number of hydrogen-bond acceptors (Lipinski definition) is 3. The summed E-state index contributed by atoms with van der Waals surface area (Å²) in [5.74, 6) is -1.65. The average Bonchev–Trinajstić information content (AvgIpc) is 2.72. The lowest BCUT2D eigenvalue weighted by Crippen LogP contribution is -2.14. The molecule has 0 aliphatic carbocycles. The number of rotatable bonds is 3. The van der Waals surface area contributed by atoms with Gasteiger partial charge in [-0.15, -0.1) is 11.3 Å². The fourth-order valence-electron chi connectivity index (χ4n) is 1.62. The maximum Gasteiger partial charge on any atom is 0.337 e. The monoisotopic (exact) mass is 407 g/mol. The molecule has 0 aliphatic rings. The van der Waals surface area contributed by atoms with Crippen molar-refractivity contribution in [2.75, 3.05) is 5.32 Å². The number of anilines is 1. The van der Waals surface area contributed by atoms with Crippen molar-refractivity contribution in [3.63, 3.8) is 0 Å². The number of carbonyl (C=O) groups is 2. The van der Waals surface area contributed by atoms with E-state index in [4.69, 9.17) is 23.2 Å². The molecule has 0 atom stereocenters. The highest BCUT2D eigenvalue weighted by atomic mass is 79.9. The molecular weight excluding hydrogens is 401 g/mol. The zero-order valence-electron chi connectivity index (χ0n) is 10.5. The SMILES string of the molecule is Cc1cc(C(=O)Nc2c(Cl)cc(Cl)cc2C(=O)O)sc1Br. The number of aryl methyl sites for hydroxylation is 1. The zero-order chi connectivity index (χ0) is 15.7. The van der Waals surface area contributed by atoms with E-state index in [1.54, 1.807) is 6.07 Å². The van der Waals surface area contributed by atoms with Crippen molar-refractivity contribution >= 4 is 68.0 Å². The molecule has 2 rings (SSSR count). The summed E-state index contributed by atoms with van der Waals surface area (Å²) in [5, 5.41) is 12.0. The van der Waals surface area contributed by atoms with Gasteiger partial charge >= 0.3 is 5.97 Å². The first kappa shape index (κ1) is 16.3. The Morgan fingerprint density at radius 3 is 2.48 bits per heavy atom. The highest BCUT2D eigenvalue weighted by Crippen LogP contribution is 2.32. The lowest BCUT2D eigenvalue weighted by atomic mass is 10.1. The van der Waals surface area contributed by atoms with Crippen LogP contribution in [0.2, 0.25) is 10.0 Å². The Bertz CT molecular complexity index is 726. The summed E-state index contributed by atoms with van der Waals surface area (Å²) in [6.07, 6.45) is 0. The van der Waals surface area contributed by atoms with Gasteiger partial charge in [-0.2, -0.15) is 0 Å². The number of benzene rings is 1. The molecule has 21 heavy (non-hydrogen) atoms. The van der Waals surface area contributed by atoms with Crippen molar-refractivity contribution in [3.05, 3.63) is 48.0 Å². The van der Waals surface area contributed by atoms with Crippen LogP contribution in [0.15, 0.2) is 22.0 Å². The van der Waals surface area contributed by atoms with E-state index in [-0.39, 0.29) is 21.3 Å².